The van der Waals surface area contributed by atoms with Gasteiger partial charge in [0.2, 0.25) is 17.0 Å². The van der Waals surface area contributed by atoms with Gasteiger partial charge >= 0.3 is 0 Å². The van der Waals surface area contributed by atoms with Crippen LogP contribution in [0.5, 0.6) is 0 Å². The van der Waals surface area contributed by atoms with Crippen molar-refractivity contribution in [1.82, 2.24) is 35.7 Å². The predicted molar refractivity (Wildman–Crippen MR) is 94.4 cm³/mol. The number of hydrogen-bond donors (Lipinski definition) is 2. The summed E-state index contributed by atoms with van der Waals surface area (Å²) in [6.07, 6.45) is 0.593. The number of aromatic nitrogens is 4. The maximum atomic E-state index is 12.6. The monoisotopic (exact) mass is 383 g/mol. The van der Waals surface area contributed by atoms with Crippen LogP contribution in [0.4, 0.5) is 0 Å². The molecule has 2 fully saturated rings. The van der Waals surface area contributed by atoms with E-state index >= 15 is 0 Å². The van der Waals surface area contributed by atoms with E-state index in [1.165, 1.54) is 11.8 Å². The molecule has 26 heavy (non-hydrogen) atoms. The van der Waals surface area contributed by atoms with Crippen molar-refractivity contribution in [1.29, 1.82) is 0 Å². The fourth-order valence-corrected chi connectivity index (χ4v) is 3.88. The van der Waals surface area contributed by atoms with E-state index < -0.39 is 0 Å². The van der Waals surface area contributed by atoms with E-state index in [0.717, 1.165) is 5.16 Å². The Morgan fingerprint density at radius 1 is 1.31 bits per heavy atom. The number of nitrogens with one attached hydrogen (secondary N) is 2. The van der Waals surface area contributed by atoms with Crippen molar-refractivity contribution in [2.45, 2.75) is 11.6 Å². The Balaban J connectivity index is 1.41. The molecular weight excluding hydrogens is 358 g/mol. The molecule has 3 rings (SSSR count). The molecule has 0 saturated carbocycles. The normalized spacial score (nSPS) is 23.7. The lowest BCUT2D eigenvalue weighted by Crippen LogP contribution is -2.51. The van der Waals surface area contributed by atoms with Gasteiger partial charge in [0.25, 0.3) is 0 Å². The van der Waals surface area contributed by atoms with Crippen molar-refractivity contribution in [3.63, 3.8) is 0 Å². The van der Waals surface area contributed by atoms with E-state index in [1.54, 1.807) is 11.7 Å². The second kappa shape index (κ2) is 9.28. The number of ether oxygens (including phenoxy) is 1. The van der Waals surface area contributed by atoms with Gasteiger partial charge in [-0.15, -0.1) is 5.10 Å². The van der Waals surface area contributed by atoms with Crippen LogP contribution in [0, 0.1) is 11.8 Å². The summed E-state index contributed by atoms with van der Waals surface area (Å²) in [5, 5.41) is 18.1. The van der Waals surface area contributed by atoms with Gasteiger partial charge in [-0.2, -0.15) is 0 Å². The fraction of sp³-hybridized carbons (Fsp3) is 0.800. The average molecular weight is 383 g/mol. The number of piperidine rings is 1. The predicted octanol–water partition coefficient (Wildman–Crippen LogP) is -1.50. The van der Waals surface area contributed by atoms with E-state index in [1.807, 2.05) is 4.90 Å². The Labute approximate surface area is 156 Å². The first-order chi connectivity index (χ1) is 12.6. The van der Waals surface area contributed by atoms with Gasteiger partial charge in [-0.05, 0) is 16.8 Å². The first-order valence-electron chi connectivity index (χ1n) is 8.85. The van der Waals surface area contributed by atoms with Crippen LogP contribution in [-0.2, 0) is 21.4 Å². The van der Waals surface area contributed by atoms with Crippen LogP contribution in [0.25, 0.3) is 0 Å². The summed E-state index contributed by atoms with van der Waals surface area (Å²) < 4.78 is 6.89. The highest BCUT2D eigenvalue weighted by atomic mass is 32.2. The van der Waals surface area contributed by atoms with Crippen LogP contribution in [0.1, 0.15) is 6.42 Å². The van der Waals surface area contributed by atoms with Gasteiger partial charge < -0.3 is 20.3 Å². The number of carbonyl (C=O) groups is 2. The van der Waals surface area contributed by atoms with Gasteiger partial charge in [0.05, 0.1) is 25.0 Å². The van der Waals surface area contributed by atoms with E-state index in [0.29, 0.717) is 58.1 Å². The molecule has 2 atom stereocenters. The maximum Gasteiger partial charge on any atom is 0.227 e. The quantitative estimate of drug-likeness (QED) is 0.451. The van der Waals surface area contributed by atoms with Crippen molar-refractivity contribution in [2.75, 3.05) is 51.7 Å². The summed E-state index contributed by atoms with van der Waals surface area (Å²) in [6, 6.07) is 0. The Hall–Kier alpha value is -1.72. The van der Waals surface area contributed by atoms with Gasteiger partial charge in [0.15, 0.2) is 0 Å². The number of nitrogens with zero attached hydrogens (tertiary/aromatic N) is 5. The molecule has 2 aliphatic rings. The summed E-state index contributed by atoms with van der Waals surface area (Å²) in [5.74, 6) is 0.491. The van der Waals surface area contributed by atoms with Crippen molar-refractivity contribution >= 4 is 23.6 Å². The Kier molecular flexibility index (Phi) is 6.80. The number of amides is 2. The van der Waals surface area contributed by atoms with Gasteiger partial charge in [0.1, 0.15) is 0 Å². The van der Waals surface area contributed by atoms with Crippen molar-refractivity contribution in [2.24, 2.45) is 18.9 Å². The van der Waals surface area contributed by atoms with Crippen molar-refractivity contribution < 1.29 is 14.3 Å². The van der Waals surface area contributed by atoms with Gasteiger partial charge in [-0.1, -0.05) is 11.8 Å². The molecule has 0 spiro atoms. The zero-order chi connectivity index (χ0) is 18.4. The van der Waals surface area contributed by atoms with Crippen LogP contribution < -0.4 is 10.6 Å². The zero-order valence-electron chi connectivity index (χ0n) is 14.9. The smallest absolute Gasteiger partial charge is 0.227 e. The second-order valence-corrected chi connectivity index (χ2v) is 7.51. The van der Waals surface area contributed by atoms with Crippen LogP contribution in [0.2, 0.25) is 0 Å². The lowest BCUT2D eigenvalue weighted by Gasteiger charge is -2.34. The van der Waals surface area contributed by atoms with Gasteiger partial charge in [0, 0.05) is 45.5 Å². The molecule has 0 unspecified atom stereocenters. The highest BCUT2D eigenvalue weighted by Crippen LogP contribution is 2.20. The molecule has 1 aromatic rings. The highest BCUT2D eigenvalue weighted by Gasteiger charge is 2.33. The van der Waals surface area contributed by atoms with Gasteiger partial charge in [-0.3, -0.25) is 9.59 Å². The summed E-state index contributed by atoms with van der Waals surface area (Å²) in [6.45, 7) is 4.24. The Morgan fingerprint density at radius 3 is 2.81 bits per heavy atom. The largest absolute Gasteiger partial charge is 0.378 e. The van der Waals surface area contributed by atoms with Crippen molar-refractivity contribution in [3.8, 4) is 0 Å². The third-order valence-corrected chi connectivity index (χ3v) is 5.62. The first-order valence-corrected chi connectivity index (χ1v) is 9.84. The topological polar surface area (TPSA) is 114 Å². The lowest BCUT2D eigenvalue weighted by atomic mass is 9.88. The number of carbonyl (C=O) groups excluding carboxylic acids is 2. The van der Waals surface area contributed by atoms with E-state index in [9.17, 15) is 9.59 Å². The fourth-order valence-electron chi connectivity index (χ4n) is 3.18. The molecule has 2 aliphatic heterocycles. The lowest BCUT2D eigenvalue weighted by molar-refractivity contribution is -0.141. The van der Waals surface area contributed by atoms with E-state index in [2.05, 4.69) is 26.2 Å². The molecule has 3 heterocycles. The average Bonchev–Trinajstić information content (AvgIpc) is 3.10. The molecule has 11 heteroatoms. The molecule has 2 N–H and O–H groups in total. The number of rotatable bonds is 6. The van der Waals surface area contributed by atoms with Gasteiger partial charge in [-0.25, -0.2) is 4.68 Å². The molecule has 144 valence electrons. The molecule has 0 aliphatic carbocycles. The molecule has 0 aromatic carbocycles. The second-order valence-electron chi connectivity index (χ2n) is 6.45. The maximum absolute atomic E-state index is 12.6. The van der Waals surface area contributed by atoms with Crippen LogP contribution in [0.15, 0.2) is 5.16 Å². The SMILES string of the molecule is Cn1nnnc1SCCNC(=O)[C@H]1CNC[C@H](C(=O)N2CCOCC2)C1. The van der Waals surface area contributed by atoms with Crippen LogP contribution in [-0.4, -0.2) is 88.6 Å². The number of morpholine rings is 1. The Bertz CT molecular complexity index is 620. The molecule has 2 saturated heterocycles. The molecule has 10 nitrogen and oxygen atoms in total. The third kappa shape index (κ3) is 4.92. The summed E-state index contributed by atoms with van der Waals surface area (Å²) in [5.41, 5.74) is 0. The third-order valence-electron chi connectivity index (χ3n) is 4.61. The Morgan fingerprint density at radius 2 is 2.08 bits per heavy atom. The van der Waals surface area contributed by atoms with E-state index in [4.69, 9.17) is 4.74 Å². The minimum Gasteiger partial charge on any atom is -0.378 e. The number of tetrazole rings is 1. The van der Waals surface area contributed by atoms with Crippen LogP contribution >= 0.6 is 11.8 Å². The summed E-state index contributed by atoms with van der Waals surface area (Å²) >= 11 is 1.49. The number of thioether (sulfide) groups is 1. The minimum absolute atomic E-state index is 0.00586. The molecule has 0 bridgehead atoms. The van der Waals surface area contributed by atoms with Crippen LogP contribution in [0.3, 0.4) is 0 Å². The molecular formula is C15H25N7O3S. The first kappa shape index (κ1) is 19.1. The molecule has 0 radical (unpaired) electrons. The summed E-state index contributed by atoms with van der Waals surface area (Å²) in [7, 11) is 1.78. The highest BCUT2D eigenvalue weighted by molar-refractivity contribution is 7.99. The standard InChI is InChI=1S/C15H25N7O3S/c1-21-15(18-19-20-21)26-7-2-17-13(23)11-8-12(10-16-9-11)14(24)22-3-5-25-6-4-22/h11-12,16H,2-10H2,1H3,(H,17,23)/t11-,12-/m1/s1. The summed E-state index contributed by atoms with van der Waals surface area (Å²) in [4.78, 5) is 26.9. The number of hydrogen-bond acceptors (Lipinski definition) is 8. The molecule has 1 aromatic heterocycles. The van der Waals surface area contributed by atoms with Crippen molar-refractivity contribution in [3.05, 3.63) is 0 Å². The number of aryl methyl sites for hydroxylation is 1. The van der Waals surface area contributed by atoms with E-state index in [-0.39, 0.29) is 23.7 Å². The zero-order valence-corrected chi connectivity index (χ0v) is 15.7. The molecule has 2 amide bonds. The minimum atomic E-state index is -0.180.